The van der Waals surface area contributed by atoms with E-state index in [1.54, 1.807) is 7.11 Å². The molecule has 0 spiro atoms. The van der Waals surface area contributed by atoms with Gasteiger partial charge >= 0.3 is 0 Å². The highest BCUT2D eigenvalue weighted by atomic mass is 16.5. The number of carbonyl (C=O) groups is 1. The van der Waals surface area contributed by atoms with Gasteiger partial charge in [0.2, 0.25) is 5.91 Å². The summed E-state index contributed by atoms with van der Waals surface area (Å²) < 4.78 is 5.27. The Balaban J connectivity index is 2.02. The van der Waals surface area contributed by atoms with Crippen LogP contribution in [0.25, 0.3) is 0 Å². The minimum atomic E-state index is -0.297. The number of ether oxygens (including phenoxy) is 1. The van der Waals surface area contributed by atoms with Gasteiger partial charge < -0.3 is 15.4 Å². The van der Waals surface area contributed by atoms with Gasteiger partial charge in [0.05, 0.1) is 7.11 Å². The molecule has 0 aliphatic carbocycles. The van der Waals surface area contributed by atoms with Crippen LogP contribution < -0.4 is 10.5 Å². The Bertz CT molecular complexity index is 414. The maximum absolute atomic E-state index is 12.0. The van der Waals surface area contributed by atoms with Crippen molar-refractivity contribution in [3.8, 4) is 5.75 Å². The molecule has 98 valence electrons. The molecule has 1 aliphatic rings. The van der Waals surface area contributed by atoms with Crippen LogP contribution in [0.5, 0.6) is 5.75 Å². The lowest BCUT2D eigenvalue weighted by molar-refractivity contribution is -0.130. The van der Waals surface area contributed by atoms with Crippen molar-refractivity contribution in [2.75, 3.05) is 20.2 Å². The number of para-hydroxylation sites is 1. The summed E-state index contributed by atoms with van der Waals surface area (Å²) in [5.41, 5.74) is 7.01. The number of hydrogen-bond acceptors (Lipinski definition) is 3. The quantitative estimate of drug-likeness (QED) is 0.882. The van der Waals surface area contributed by atoms with Crippen molar-refractivity contribution < 1.29 is 9.53 Å². The molecule has 1 amide bonds. The van der Waals surface area contributed by atoms with Crippen LogP contribution in [0.1, 0.15) is 30.9 Å². The van der Waals surface area contributed by atoms with Crippen molar-refractivity contribution in [3.05, 3.63) is 29.8 Å². The lowest BCUT2D eigenvalue weighted by atomic mass is 10.0. The fraction of sp³-hybridized carbons (Fsp3) is 0.500. The average Bonchev–Trinajstić information content (AvgIpc) is 2.92. The molecule has 1 aromatic carbocycles. The van der Waals surface area contributed by atoms with Crippen molar-refractivity contribution in [1.82, 2.24) is 4.90 Å². The van der Waals surface area contributed by atoms with E-state index in [4.69, 9.17) is 10.5 Å². The Labute approximate surface area is 108 Å². The van der Waals surface area contributed by atoms with E-state index in [-0.39, 0.29) is 11.9 Å². The lowest BCUT2D eigenvalue weighted by Gasteiger charge is -2.19. The molecule has 4 heteroatoms. The number of rotatable bonds is 4. The summed E-state index contributed by atoms with van der Waals surface area (Å²) in [5, 5.41) is 0. The van der Waals surface area contributed by atoms with Crippen LogP contribution >= 0.6 is 0 Å². The first-order chi connectivity index (χ1) is 8.72. The Morgan fingerprint density at radius 2 is 2.06 bits per heavy atom. The predicted molar refractivity (Wildman–Crippen MR) is 70.4 cm³/mol. The Morgan fingerprint density at radius 1 is 1.39 bits per heavy atom. The second-order valence-electron chi connectivity index (χ2n) is 4.64. The number of nitrogens with zero attached hydrogens (tertiary/aromatic N) is 1. The zero-order chi connectivity index (χ0) is 13.0. The van der Waals surface area contributed by atoms with Gasteiger partial charge in [0.25, 0.3) is 0 Å². The van der Waals surface area contributed by atoms with E-state index in [0.29, 0.717) is 6.42 Å². The van der Waals surface area contributed by atoms with Crippen LogP contribution in [-0.2, 0) is 4.79 Å². The molecule has 0 radical (unpaired) electrons. The number of amides is 1. The van der Waals surface area contributed by atoms with Crippen LogP contribution in [0.15, 0.2) is 24.3 Å². The molecule has 0 bridgehead atoms. The number of likely N-dealkylation sites (tertiary alicyclic amines) is 1. The smallest absolute Gasteiger partial charge is 0.224 e. The summed E-state index contributed by atoms with van der Waals surface area (Å²) in [6.07, 6.45) is 2.56. The molecule has 1 aliphatic heterocycles. The first-order valence-electron chi connectivity index (χ1n) is 6.38. The SMILES string of the molecule is COc1ccccc1C(N)CC(=O)N1CCCC1. The molecule has 2 rings (SSSR count). The van der Waals surface area contributed by atoms with E-state index < -0.39 is 0 Å². The molecule has 1 aromatic rings. The molecular weight excluding hydrogens is 228 g/mol. The number of hydrogen-bond donors (Lipinski definition) is 1. The van der Waals surface area contributed by atoms with Crippen molar-refractivity contribution in [2.45, 2.75) is 25.3 Å². The minimum Gasteiger partial charge on any atom is -0.496 e. The Kier molecular flexibility index (Phi) is 4.20. The number of benzene rings is 1. The van der Waals surface area contributed by atoms with Gasteiger partial charge in [-0.2, -0.15) is 0 Å². The van der Waals surface area contributed by atoms with E-state index in [2.05, 4.69) is 0 Å². The van der Waals surface area contributed by atoms with E-state index in [1.165, 1.54) is 0 Å². The topological polar surface area (TPSA) is 55.6 Å². The van der Waals surface area contributed by atoms with Crippen LogP contribution in [0.4, 0.5) is 0 Å². The maximum Gasteiger partial charge on any atom is 0.224 e. The maximum atomic E-state index is 12.0. The van der Waals surface area contributed by atoms with Crippen LogP contribution in [-0.4, -0.2) is 31.0 Å². The third kappa shape index (κ3) is 2.82. The van der Waals surface area contributed by atoms with Crippen LogP contribution in [0.2, 0.25) is 0 Å². The van der Waals surface area contributed by atoms with E-state index in [1.807, 2.05) is 29.2 Å². The van der Waals surface area contributed by atoms with Gasteiger partial charge in [0.1, 0.15) is 5.75 Å². The third-order valence-corrected chi connectivity index (χ3v) is 3.39. The molecule has 1 fully saturated rings. The fourth-order valence-corrected chi connectivity index (χ4v) is 2.37. The molecule has 0 saturated carbocycles. The van der Waals surface area contributed by atoms with Crippen molar-refractivity contribution in [3.63, 3.8) is 0 Å². The highest BCUT2D eigenvalue weighted by Gasteiger charge is 2.22. The number of nitrogens with two attached hydrogens (primary N) is 1. The molecule has 0 aromatic heterocycles. The van der Waals surface area contributed by atoms with Gasteiger partial charge in [-0.3, -0.25) is 4.79 Å². The van der Waals surface area contributed by atoms with Crippen molar-refractivity contribution >= 4 is 5.91 Å². The first-order valence-corrected chi connectivity index (χ1v) is 6.38. The largest absolute Gasteiger partial charge is 0.496 e. The molecule has 2 N–H and O–H groups in total. The van der Waals surface area contributed by atoms with E-state index in [9.17, 15) is 4.79 Å². The van der Waals surface area contributed by atoms with E-state index >= 15 is 0 Å². The molecule has 18 heavy (non-hydrogen) atoms. The second kappa shape index (κ2) is 5.87. The number of carbonyl (C=O) groups excluding carboxylic acids is 1. The van der Waals surface area contributed by atoms with Gasteiger partial charge in [-0.25, -0.2) is 0 Å². The minimum absolute atomic E-state index is 0.144. The highest BCUT2D eigenvalue weighted by Crippen LogP contribution is 2.26. The standard InChI is InChI=1S/C14H20N2O2/c1-18-13-7-3-2-6-11(13)12(15)10-14(17)16-8-4-5-9-16/h2-3,6-7,12H,4-5,8-10,15H2,1H3. The van der Waals surface area contributed by atoms with Gasteiger partial charge in [-0.05, 0) is 18.9 Å². The molecule has 1 saturated heterocycles. The molecule has 1 unspecified atom stereocenters. The highest BCUT2D eigenvalue weighted by molar-refractivity contribution is 5.77. The predicted octanol–water partition coefficient (Wildman–Crippen LogP) is 1.71. The zero-order valence-electron chi connectivity index (χ0n) is 10.8. The fourth-order valence-electron chi connectivity index (χ4n) is 2.37. The third-order valence-electron chi connectivity index (χ3n) is 3.39. The molecule has 1 atom stereocenters. The Hall–Kier alpha value is -1.55. The lowest BCUT2D eigenvalue weighted by Crippen LogP contribution is -2.30. The summed E-state index contributed by atoms with van der Waals surface area (Å²) in [4.78, 5) is 13.9. The van der Waals surface area contributed by atoms with Gasteiger partial charge in [0, 0.05) is 31.1 Å². The monoisotopic (exact) mass is 248 g/mol. The first kappa shape index (κ1) is 12.9. The molecule has 4 nitrogen and oxygen atoms in total. The van der Waals surface area contributed by atoms with Gasteiger partial charge in [-0.1, -0.05) is 18.2 Å². The Morgan fingerprint density at radius 3 is 2.72 bits per heavy atom. The summed E-state index contributed by atoms with van der Waals surface area (Å²) in [5.74, 6) is 0.894. The second-order valence-corrected chi connectivity index (χ2v) is 4.64. The summed E-state index contributed by atoms with van der Waals surface area (Å²) in [6.45, 7) is 1.74. The van der Waals surface area contributed by atoms with Gasteiger partial charge in [-0.15, -0.1) is 0 Å². The van der Waals surface area contributed by atoms with Crippen LogP contribution in [0.3, 0.4) is 0 Å². The van der Waals surface area contributed by atoms with Gasteiger partial charge in [0.15, 0.2) is 0 Å². The van der Waals surface area contributed by atoms with E-state index in [0.717, 1.165) is 37.2 Å². The summed E-state index contributed by atoms with van der Waals surface area (Å²) >= 11 is 0. The average molecular weight is 248 g/mol. The molecule has 1 heterocycles. The summed E-state index contributed by atoms with van der Waals surface area (Å²) in [6, 6.07) is 7.31. The van der Waals surface area contributed by atoms with Crippen molar-refractivity contribution in [1.29, 1.82) is 0 Å². The van der Waals surface area contributed by atoms with Crippen molar-refractivity contribution in [2.24, 2.45) is 5.73 Å². The summed E-state index contributed by atoms with van der Waals surface area (Å²) in [7, 11) is 1.62. The van der Waals surface area contributed by atoms with Crippen LogP contribution in [0, 0.1) is 0 Å². The molecular formula is C14H20N2O2. The zero-order valence-corrected chi connectivity index (χ0v) is 10.8. The normalized spacial score (nSPS) is 16.7. The number of methoxy groups -OCH3 is 1.